The average molecular weight is 367 g/mol. The van der Waals surface area contributed by atoms with Gasteiger partial charge in [0.15, 0.2) is 11.5 Å². The van der Waals surface area contributed by atoms with E-state index in [9.17, 15) is 10.2 Å². The van der Waals surface area contributed by atoms with E-state index in [0.717, 1.165) is 29.7 Å². The van der Waals surface area contributed by atoms with Gasteiger partial charge >= 0.3 is 0 Å². The summed E-state index contributed by atoms with van der Waals surface area (Å²) in [5, 5.41) is 19.0. The molecule has 0 bridgehead atoms. The van der Waals surface area contributed by atoms with E-state index in [4.69, 9.17) is 4.74 Å². The van der Waals surface area contributed by atoms with Gasteiger partial charge in [-0.2, -0.15) is 18.2 Å². The number of ether oxygens (including phenoxy) is 1. The van der Waals surface area contributed by atoms with Crippen molar-refractivity contribution in [3.63, 3.8) is 0 Å². The van der Waals surface area contributed by atoms with Gasteiger partial charge < -0.3 is 14.9 Å². The zero-order chi connectivity index (χ0) is 11.8. The standard InChI is InChI=1S/C14H11O3.Ce/c15-11-7-10-6-5-9-3-1-2-4-13(9)17-14(10)8-12(11)16;/h2-4,7-8,15-16H,5-6H2;/q-1;. The Morgan fingerprint density at radius 3 is 2.56 bits per heavy atom. The molecular formula is C14H11CeO3-. The van der Waals surface area contributed by atoms with Crippen LogP contribution in [0.15, 0.2) is 30.3 Å². The number of aryl methyl sites for hydroxylation is 2. The maximum Gasteiger partial charge on any atom is 0.161 e. The van der Waals surface area contributed by atoms with Crippen molar-refractivity contribution in [2.75, 3.05) is 0 Å². The van der Waals surface area contributed by atoms with Crippen molar-refractivity contribution in [1.82, 2.24) is 0 Å². The van der Waals surface area contributed by atoms with Crippen molar-refractivity contribution < 1.29 is 56.7 Å². The average Bonchev–Trinajstić information content (AvgIpc) is 2.49. The number of hydrogen-bond donors (Lipinski definition) is 2. The zero-order valence-electron chi connectivity index (χ0n) is 9.60. The Bertz CT molecular complexity index is 581. The summed E-state index contributed by atoms with van der Waals surface area (Å²) in [6.07, 6.45) is 1.61. The van der Waals surface area contributed by atoms with Gasteiger partial charge in [-0.1, -0.05) is 6.42 Å². The van der Waals surface area contributed by atoms with E-state index in [-0.39, 0.29) is 53.2 Å². The molecule has 0 unspecified atom stereocenters. The molecule has 90 valence electrons. The number of aromatic hydroxyl groups is 2. The molecule has 1 heterocycles. The van der Waals surface area contributed by atoms with E-state index < -0.39 is 0 Å². The second kappa shape index (κ2) is 5.46. The van der Waals surface area contributed by atoms with Crippen LogP contribution in [-0.4, -0.2) is 10.2 Å². The summed E-state index contributed by atoms with van der Waals surface area (Å²) in [4.78, 5) is 0. The second-order valence-electron chi connectivity index (χ2n) is 4.08. The van der Waals surface area contributed by atoms with Crippen molar-refractivity contribution >= 4 is 0 Å². The summed E-state index contributed by atoms with van der Waals surface area (Å²) in [5.41, 5.74) is 1.99. The topological polar surface area (TPSA) is 49.7 Å². The van der Waals surface area contributed by atoms with Crippen LogP contribution in [0.4, 0.5) is 0 Å². The first-order valence-corrected chi connectivity index (χ1v) is 5.46. The molecule has 2 aromatic rings. The van der Waals surface area contributed by atoms with Gasteiger partial charge in [0.1, 0.15) is 5.75 Å². The first-order chi connectivity index (χ1) is 8.24. The van der Waals surface area contributed by atoms with Gasteiger partial charge in [0.25, 0.3) is 0 Å². The molecule has 0 aliphatic carbocycles. The monoisotopic (exact) mass is 367 g/mol. The number of rotatable bonds is 0. The molecule has 0 saturated carbocycles. The van der Waals surface area contributed by atoms with Crippen molar-refractivity contribution in [3.8, 4) is 23.0 Å². The van der Waals surface area contributed by atoms with Gasteiger partial charge in [-0.3, -0.25) is 0 Å². The van der Waals surface area contributed by atoms with Crippen molar-refractivity contribution in [2.45, 2.75) is 12.8 Å². The molecule has 1 aliphatic heterocycles. The maximum absolute atomic E-state index is 9.48. The predicted octanol–water partition coefficient (Wildman–Crippen LogP) is 2.79. The number of fused-ring (bicyclic) bond motifs is 2. The van der Waals surface area contributed by atoms with Gasteiger partial charge in [0.2, 0.25) is 0 Å². The fourth-order valence-corrected chi connectivity index (χ4v) is 2.02. The van der Waals surface area contributed by atoms with Crippen LogP contribution in [0.1, 0.15) is 11.1 Å². The molecule has 1 aliphatic rings. The normalized spacial score (nSPS) is 12.4. The van der Waals surface area contributed by atoms with E-state index >= 15 is 0 Å². The van der Waals surface area contributed by atoms with Gasteiger partial charge in [0, 0.05) is 53.6 Å². The third-order valence-corrected chi connectivity index (χ3v) is 2.95. The summed E-state index contributed by atoms with van der Waals surface area (Å²) in [5.74, 6) is 1.12. The number of benzene rings is 2. The fraction of sp³-hybridized carbons (Fsp3) is 0.143. The molecule has 0 saturated heterocycles. The Hall–Kier alpha value is -0.783. The van der Waals surface area contributed by atoms with Gasteiger partial charge in [-0.15, -0.1) is 11.6 Å². The van der Waals surface area contributed by atoms with Crippen LogP contribution in [-0.2, 0) is 12.8 Å². The summed E-state index contributed by atoms with van der Waals surface area (Å²) in [7, 11) is 0. The van der Waals surface area contributed by atoms with E-state index in [1.54, 1.807) is 12.1 Å². The molecule has 18 heavy (non-hydrogen) atoms. The Labute approximate surface area is 139 Å². The minimum absolute atomic E-state index is 0. The smallest absolute Gasteiger partial charge is 0.161 e. The Kier molecular flexibility index (Phi) is 4.14. The molecule has 0 fully saturated rings. The third kappa shape index (κ3) is 2.48. The van der Waals surface area contributed by atoms with Crippen LogP contribution in [0.25, 0.3) is 0 Å². The first-order valence-electron chi connectivity index (χ1n) is 5.46. The van der Waals surface area contributed by atoms with Crippen LogP contribution in [0.3, 0.4) is 0 Å². The third-order valence-electron chi connectivity index (χ3n) is 2.95. The molecule has 3 rings (SSSR count). The number of phenols is 2. The minimum Gasteiger partial charge on any atom is -0.504 e. The summed E-state index contributed by atoms with van der Waals surface area (Å²) < 4.78 is 5.75. The molecule has 0 spiro atoms. The predicted molar refractivity (Wildman–Crippen MR) is 62.5 cm³/mol. The van der Waals surface area contributed by atoms with Crippen LogP contribution >= 0.6 is 0 Å². The van der Waals surface area contributed by atoms with Crippen molar-refractivity contribution in [1.29, 1.82) is 0 Å². The largest absolute Gasteiger partial charge is 0.504 e. The quantitative estimate of drug-likeness (QED) is 0.556. The first kappa shape index (κ1) is 13.6. The van der Waals surface area contributed by atoms with Gasteiger partial charge in [-0.25, -0.2) is 0 Å². The fourth-order valence-electron chi connectivity index (χ4n) is 2.02. The molecule has 2 N–H and O–H groups in total. The molecule has 2 aromatic carbocycles. The Balaban J connectivity index is 0.00000120. The van der Waals surface area contributed by atoms with Crippen molar-refractivity contribution in [2.24, 2.45) is 0 Å². The zero-order valence-corrected chi connectivity index (χ0v) is 12.7. The van der Waals surface area contributed by atoms with Crippen LogP contribution in [0, 0.1) is 47.8 Å². The van der Waals surface area contributed by atoms with Gasteiger partial charge in [0.05, 0.1) is 0 Å². The molecule has 0 atom stereocenters. The summed E-state index contributed by atoms with van der Waals surface area (Å²) in [6.45, 7) is 0. The minimum atomic E-state index is -0.158. The maximum atomic E-state index is 9.48. The van der Waals surface area contributed by atoms with E-state index in [1.807, 2.05) is 12.1 Å². The second-order valence-corrected chi connectivity index (χ2v) is 4.08. The molecule has 0 amide bonds. The Morgan fingerprint density at radius 2 is 1.72 bits per heavy atom. The van der Waals surface area contributed by atoms with E-state index in [0.29, 0.717) is 5.75 Å². The number of phenolic OH excluding ortho intramolecular Hbond substituents is 2. The van der Waals surface area contributed by atoms with Crippen LogP contribution in [0.2, 0.25) is 0 Å². The molecule has 4 heteroatoms. The summed E-state index contributed by atoms with van der Waals surface area (Å²) in [6, 6.07) is 11.6. The van der Waals surface area contributed by atoms with Crippen LogP contribution in [0.5, 0.6) is 23.0 Å². The van der Waals surface area contributed by atoms with Crippen LogP contribution < -0.4 is 4.74 Å². The molecule has 0 aromatic heterocycles. The van der Waals surface area contributed by atoms with E-state index in [1.165, 1.54) is 6.07 Å². The number of hydrogen-bond acceptors (Lipinski definition) is 3. The Morgan fingerprint density at radius 1 is 1.00 bits per heavy atom. The molecule has 0 radical (unpaired) electrons. The van der Waals surface area contributed by atoms with Gasteiger partial charge in [-0.05, 0) is 18.1 Å². The SMILES string of the molecule is Oc1cc2c(cc1O)Oc1cc[c-]cc1CC2.[Ce]. The van der Waals surface area contributed by atoms with Crippen molar-refractivity contribution in [3.05, 3.63) is 47.5 Å². The molecular weight excluding hydrogens is 356 g/mol. The van der Waals surface area contributed by atoms with E-state index in [2.05, 4.69) is 6.07 Å². The summed E-state index contributed by atoms with van der Waals surface area (Å²) >= 11 is 0. The molecule has 3 nitrogen and oxygen atoms in total.